The SMILES string of the molecule is C[Si](C)(C)C1C2=CC(=O)OC23CCCCC1C3. The number of esters is 1. The van der Waals surface area contributed by atoms with Gasteiger partial charge in [-0.1, -0.05) is 26.1 Å². The Bertz CT molecular complexity index is 394. The Kier molecular flexibility index (Phi) is 2.35. The van der Waals surface area contributed by atoms with Gasteiger partial charge in [0, 0.05) is 6.08 Å². The molecule has 3 unspecified atom stereocenters. The number of carbonyl (C=O) groups excluding carboxylic acids is 1. The maximum Gasteiger partial charge on any atom is 0.331 e. The second-order valence-corrected chi connectivity index (χ2v) is 12.4. The van der Waals surface area contributed by atoms with E-state index in [9.17, 15) is 4.79 Å². The molecule has 0 N–H and O–H groups in total. The molecular formula is C14H22O2Si. The van der Waals surface area contributed by atoms with Crippen molar-refractivity contribution in [3.8, 4) is 0 Å². The number of hydrogen-bond donors (Lipinski definition) is 0. The van der Waals surface area contributed by atoms with Crippen LogP contribution in [0, 0.1) is 5.92 Å². The lowest BCUT2D eigenvalue weighted by atomic mass is 9.92. The summed E-state index contributed by atoms with van der Waals surface area (Å²) in [4.78, 5) is 11.7. The average molecular weight is 250 g/mol. The topological polar surface area (TPSA) is 26.3 Å². The van der Waals surface area contributed by atoms with Gasteiger partial charge in [-0.2, -0.15) is 0 Å². The quantitative estimate of drug-likeness (QED) is 0.526. The summed E-state index contributed by atoms with van der Waals surface area (Å²) in [5, 5.41) is 0. The molecule has 0 aromatic heterocycles. The molecule has 0 aromatic rings. The number of ether oxygens (including phenoxy) is 1. The average Bonchev–Trinajstić information content (AvgIpc) is 2.51. The van der Waals surface area contributed by atoms with E-state index in [1.807, 2.05) is 6.08 Å². The van der Waals surface area contributed by atoms with E-state index < -0.39 is 8.07 Å². The first-order valence-electron chi connectivity index (χ1n) is 6.87. The molecule has 0 aromatic carbocycles. The molecule has 3 heteroatoms. The normalized spacial score (nSPS) is 40.6. The minimum Gasteiger partial charge on any atom is -0.451 e. The number of rotatable bonds is 1. The predicted octanol–water partition coefficient (Wildman–Crippen LogP) is 3.51. The number of carbonyl (C=O) groups is 1. The lowest BCUT2D eigenvalue weighted by molar-refractivity contribution is -0.146. The van der Waals surface area contributed by atoms with E-state index in [1.54, 1.807) is 0 Å². The molecule has 3 atom stereocenters. The minimum atomic E-state index is -1.25. The largest absolute Gasteiger partial charge is 0.451 e. The maximum absolute atomic E-state index is 11.7. The van der Waals surface area contributed by atoms with E-state index in [4.69, 9.17) is 4.74 Å². The van der Waals surface area contributed by atoms with Crippen LogP contribution in [-0.2, 0) is 9.53 Å². The van der Waals surface area contributed by atoms with E-state index in [0.29, 0.717) is 5.54 Å². The number of hydrogen-bond acceptors (Lipinski definition) is 2. The molecule has 1 aliphatic heterocycles. The molecule has 1 spiro atoms. The highest BCUT2D eigenvalue weighted by atomic mass is 28.3. The standard InChI is InChI=1S/C14H22O2Si/c1-17(2,3)13-10-6-4-5-7-14(9-10)11(13)8-12(15)16-14/h8,10,13H,4-7,9H2,1-3H3. The van der Waals surface area contributed by atoms with Crippen LogP contribution in [0.2, 0.25) is 25.2 Å². The molecule has 2 saturated carbocycles. The summed E-state index contributed by atoms with van der Waals surface area (Å²) in [6.07, 6.45) is 7.90. The summed E-state index contributed by atoms with van der Waals surface area (Å²) in [5.41, 5.74) is 1.89. The molecular weight excluding hydrogens is 228 g/mol. The second kappa shape index (κ2) is 3.47. The predicted molar refractivity (Wildman–Crippen MR) is 70.6 cm³/mol. The Morgan fingerprint density at radius 2 is 2.12 bits per heavy atom. The van der Waals surface area contributed by atoms with Gasteiger partial charge >= 0.3 is 5.97 Å². The monoisotopic (exact) mass is 250 g/mol. The Hall–Kier alpha value is -0.573. The molecule has 2 fully saturated rings. The Balaban J connectivity index is 2.06. The van der Waals surface area contributed by atoms with Crippen LogP contribution in [0.15, 0.2) is 11.6 Å². The zero-order valence-corrected chi connectivity index (χ0v) is 12.1. The zero-order valence-electron chi connectivity index (χ0n) is 11.1. The lowest BCUT2D eigenvalue weighted by Crippen LogP contribution is -2.34. The van der Waals surface area contributed by atoms with Gasteiger partial charge in [0.1, 0.15) is 5.60 Å². The van der Waals surface area contributed by atoms with Crippen LogP contribution >= 0.6 is 0 Å². The van der Waals surface area contributed by atoms with Gasteiger partial charge in [0.2, 0.25) is 0 Å². The van der Waals surface area contributed by atoms with Gasteiger partial charge in [0.15, 0.2) is 0 Å². The Morgan fingerprint density at radius 3 is 2.82 bits per heavy atom. The lowest BCUT2D eigenvalue weighted by Gasteiger charge is -2.33. The fraction of sp³-hybridized carbons (Fsp3) is 0.786. The molecule has 0 radical (unpaired) electrons. The number of fused-ring (bicyclic) bond motifs is 1. The van der Waals surface area contributed by atoms with Crippen molar-refractivity contribution in [1.29, 1.82) is 0 Å². The van der Waals surface area contributed by atoms with Crippen molar-refractivity contribution in [1.82, 2.24) is 0 Å². The van der Waals surface area contributed by atoms with Gasteiger partial charge < -0.3 is 4.74 Å². The van der Waals surface area contributed by atoms with Crippen molar-refractivity contribution >= 4 is 14.0 Å². The van der Waals surface area contributed by atoms with Gasteiger partial charge in [0.05, 0.1) is 8.07 Å². The highest BCUT2D eigenvalue weighted by Crippen LogP contribution is 2.60. The van der Waals surface area contributed by atoms with Crippen molar-refractivity contribution in [2.24, 2.45) is 5.92 Å². The van der Waals surface area contributed by atoms with Crippen LogP contribution < -0.4 is 0 Å². The first-order chi connectivity index (χ1) is 7.92. The second-order valence-electron chi connectivity index (χ2n) is 7.07. The fourth-order valence-electron chi connectivity index (χ4n) is 4.42. The first kappa shape index (κ1) is 11.5. The first-order valence-corrected chi connectivity index (χ1v) is 10.5. The van der Waals surface area contributed by atoms with Crippen molar-refractivity contribution in [3.63, 3.8) is 0 Å². The highest BCUT2D eigenvalue weighted by Gasteiger charge is 2.58. The molecule has 2 nitrogen and oxygen atoms in total. The van der Waals surface area contributed by atoms with Crippen LogP contribution in [0.25, 0.3) is 0 Å². The van der Waals surface area contributed by atoms with E-state index in [0.717, 1.165) is 18.8 Å². The van der Waals surface area contributed by atoms with Crippen LogP contribution in [0.5, 0.6) is 0 Å². The maximum atomic E-state index is 11.7. The molecule has 2 bridgehead atoms. The summed E-state index contributed by atoms with van der Waals surface area (Å²) in [7, 11) is -1.25. The highest BCUT2D eigenvalue weighted by molar-refractivity contribution is 6.78. The summed E-state index contributed by atoms with van der Waals surface area (Å²) in [6, 6.07) is 0. The van der Waals surface area contributed by atoms with Crippen molar-refractivity contribution in [3.05, 3.63) is 11.6 Å². The molecule has 0 amide bonds. The Labute approximate surface area is 104 Å². The third-order valence-electron chi connectivity index (χ3n) is 4.83. The smallest absolute Gasteiger partial charge is 0.331 e. The van der Waals surface area contributed by atoms with Crippen molar-refractivity contribution in [2.75, 3.05) is 0 Å². The third kappa shape index (κ3) is 1.62. The van der Waals surface area contributed by atoms with Crippen LogP contribution in [0.1, 0.15) is 32.1 Å². The van der Waals surface area contributed by atoms with Crippen LogP contribution in [0.4, 0.5) is 0 Å². The zero-order chi connectivity index (χ0) is 12.3. The molecule has 0 saturated heterocycles. The van der Waals surface area contributed by atoms with Gasteiger partial charge in [-0.3, -0.25) is 0 Å². The summed E-state index contributed by atoms with van der Waals surface area (Å²) in [6.45, 7) is 7.31. The van der Waals surface area contributed by atoms with E-state index in [2.05, 4.69) is 19.6 Å². The summed E-state index contributed by atoms with van der Waals surface area (Å²) in [5.74, 6) is 0.701. The van der Waals surface area contributed by atoms with E-state index >= 15 is 0 Å². The molecule has 17 heavy (non-hydrogen) atoms. The van der Waals surface area contributed by atoms with Crippen molar-refractivity contribution in [2.45, 2.75) is 62.9 Å². The summed E-state index contributed by atoms with van der Waals surface area (Å²) >= 11 is 0. The molecule has 94 valence electrons. The van der Waals surface area contributed by atoms with Crippen molar-refractivity contribution < 1.29 is 9.53 Å². The van der Waals surface area contributed by atoms with Gasteiger partial charge in [-0.25, -0.2) is 4.79 Å². The molecule has 2 aliphatic carbocycles. The molecule has 3 rings (SSSR count). The van der Waals surface area contributed by atoms with Crippen LogP contribution in [0.3, 0.4) is 0 Å². The third-order valence-corrected chi connectivity index (χ3v) is 7.48. The fourth-order valence-corrected chi connectivity index (χ4v) is 7.40. The van der Waals surface area contributed by atoms with E-state index in [-0.39, 0.29) is 11.6 Å². The van der Waals surface area contributed by atoms with Crippen LogP contribution in [-0.4, -0.2) is 19.6 Å². The summed E-state index contributed by atoms with van der Waals surface area (Å²) < 4.78 is 5.74. The Morgan fingerprint density at radius 1 is 1.35 bits per heavy atom. The van der Waals surface area contributed by atoms with E-state index in [1.165, 1.54) is 24.8 Å². The minimum absolute atomic E-state index is 0.0800. The van der Waals surface area contributed by atoms with Gasteiger partial charge in [-0.05, 0) is 42.7 Å². The van der Waals surface area contributed by atoms with Gasteiger partial charge in [-0.15, -0.1) is 0 Å². The van der Waals surface area contributed by atoms with Gasteiger partial charge in [0.25, 0.3) is 0 Å². The molecule has 3 aliphatic rings. The molecule has 1 heterocycles.